The fraction of sp³-hybridized carbons (Fsp3) is 0.318. The first-order valence-corrected chi connectivity index (χ1v) is 10.5. The number of hydrogen-bond donors (Lipinski definition) is 2. The average Bonchev–Trinajstić information content (AvgIpc) is 3.46. The minimum Gasteiger partial charge on any atom is -0.345 e. The zero-order valence-electron chi connectivity index (χ0n) is 16.1. The number of carbonyl (C=O) groups is 3. The Morgan fingerprint density at radius 3 is 2.31 bits per heavy atom. The van der Waals surface area contributed by atoms with Crippen molar-refractivity contribution in [2.45, 2.75) is 37.3 Å². The number of rotatable bonds is 6. The summed E-state index contributed by atoms with van der Waals surface area (Å²) >= 11 is 3.42. The molecule has 0 radical (unpaired) electrons. The molecular formula is C22H22BrN3O3. The van der Waals surface area contributed by atoms with Crippen molar-refractivity contribution in [3.05, 3.63) is 70.2 Å². The Kier molecular flexibility index (Phi) is 4.94. The first kappa shape index (κ1) is 19.6. The maximum atomic E-state index is 13.2. The van der Waals surface area contributed by atoms with Crippen LogP contribution >= 0.6 is 15.9 Å². The van der Waals surface area contributed by atoms with Crippen molar-refractivity contribution in [3.63, 3.8) is 0 Å². The number of nitrogens with zero attached hydrogens (tertiary/aromatic N) is 1. The lowest BCUT2D eigenvalue weighted by atomic mass is 9.87. The molecule has 1 saturated heterocycles. The smallest absolute Gasteiger partial charge is 0.325 e. The fourth-order valence-electron chi connectivity index (χ4n) is 3.96. The standard InChI is InChI=1S/C22H22BrN3O3/c1-2-22(16-6-4-3-5-7-16)19(28)26(20(29)25-22)14-18(27)24-21(12-13-21)15-8-10-17(23)11-9-15/h3-11H,2,12-14H2,1H3,(H,24,27)(H,25,29). The lowest BCUT2D eigenvalue weighted by Crippen LogP contribution is -2.46. The van der Waals surface area contributed by atoms with Crippen LogP contribution in [-0.2, 0) is 20.7 Å². The summed E-state index contributed by atoms with van der Waals surface area (Å²) in [5.74, 6) is -0.728. The van der Waals surface area contributed by atoms with Gasteiger partial charge in [-0.3, -0.25) is 14.5 Å². The highest BCUT2D eigenvalue weighted by atomic mass is 79.9. The maximum Gasteiger partial charge on any atom is 0.325 e. The molecule has 1 atom stereocenters. The lowest BCUT2D eigenvalue weighted by Gasteiger charge is -2.26. The number of imide groups is 1. The van der Waals surface area contributed by atoms with Gasteiger partial charge in [-0.15, -0.1) is 0 Å². The van der Waals surface area contributed by atoms with E-state index in [9.17, 15) is 14.4 Å². The van der Waals surface area contributed by atoms with Crippen molar-refractivity contribution in [3.8, 4) is 0 Å². The normalized spacial score (nSPS) is 22.3. The molecule has 0 bridgehead atoms. The highest BCUT2D eigenvalue weighted by molar-refractivity contribution is 9.10. The first-order chi connectivity index (χ1) is 13.9. The SMILES string of the molecule is CCC1(c2ccccc2)NC(=O)N(CC(=O)NC2(c3ccc(Br)cc3)CC2)C1=O. The molecule has 150 valence electrons. The van der Waals surface area contributed by atoms with E-state index in [1.807, 2.05) is 61.5 Å². The van der Waals surface area contributed by atoms with Gasteiger partial charge < -0.3 is 10.6 Å². The van der Waals surface area contributed by atoms with E-state index in [0.29, 0.717) is 6.42 Å². The van der Waals surface area contributed by atoms with Crippen LogP contribution < -0.4 is 10.6 Å². The number of benzene rings is 2. The van der Waals surface area contributed by atoms with Gasteiger partial charge >= 0.3 is 6.03 Å². The zero-order chi connectivity index (χ0) is 20.6. The predicted molar refractivity (Wildman–Crippen MR) is 112 cm³/mol. The van der Waals surface area contributed by atoms with E-state index >= 15 is 0 Å². The quantitative estimate of drug-likeness (QED) is 0.654. The van der Waals surface area contributed by atoms with Gasteiger partial charge in [0.15, 0.2) is 0 Å². The summed E-state index contributed by atoms with van der Waals surface area (Å²) in [5.41, 5.74) is 0.218. The summed E-state index contributed by atoms with van der Waals surface area (Å²) in [6, 6.07) is 16.4. The molecular weight excluding hydrogens is 434 g/mol. The molecule has 2 N–H and O–H groups in total. The number of carbonyl (C=O) groups excluding carboxylic acids is 3. The third-order valence-electron chi connectivity index (χ3n) is 5.80. The van der Waals surface area contributed by atoms with Gasteiger partial charge in [0.05, 0.1) is 5.54 Å². The zero-order valence-corrected chi connectivity index (χ0v) is 17.7. The van der Waals surface area contributed by atoms with Gasteiger partial charge in [-0.2, -0.15) is 0 Å². The first-order valence-electron chi connectivity index (χ1n) is 9.67. The van der Waals surface area contributed by atoms with Crippen molar-refractivity contribution >= 4 is 33.8 Å². The summed E-state index contributed by atoms with van der Waals surface area (Å²) in [4.78, 5) is 39.5. The fourth-order valence-corrected chi connectivity index (χ4v) is 4.23. The molecule has 1 aliphatic carbocycles. The highest BCUT2D eigenvalue weighted by Gasteiger charge is 2.52. The number of urea groups is 1. The van der Waals surface area contributed by atoms with E-state index in [1.54, 1.807) is 0 Å². The minimum absolute atomic E-state index is 0.294. The van der Waals surface area contributed by atoms with Gasteiger partial charge in [0.2, 0.25) is 5.91 Å². The minimum atomic E-state index is -1.12. The van der Waals surface area contributed by atoms with Crippen LogP contribution in [0.3, 0.4) is 0 Å². The van der Waals surface area contributed by atoms with E-state index in [0.717, 1.165) is 33.3 Å². The molecule has 4 amide bonds. The third-order valence-corrected chi connectivity index (χ3v) is 6.33. The van der Waals surface area contributed by atoms with Gasteiger partial charge in [0.1, 0.15) is 12.1 Å². The van der Waals surface area contributed by atoms with Crippen molar-refractivity contribution in [2.24, 2.45) is 0 Å². The number of halogens is 1. The molecule has 6 nitrogen and oxygen atoms in total. The van der Waals surface area contributed by atoms with Crippen molar-refractivity contribution in [2.75, 3.05) is 6.54 Å². The van der Waals surface area contributed by atoms with Crippen molar-refractivity contribution in [1.29, 1.82) is 0 Å². The topological polar surface area (TPSA) is 78.5 Å². The summed E-state index contributed by atoms with van der Waals surface area (Å²) in [7, 11) is 0. The summed E-state index contributed by atoms with van der Waals surface area (Å²) in [6.45, 7) is 1.55. The molecule has 2 fully saturated rings. The number of amides is 4. The molecule has 2 aromatic carbocycles. The Morgan fingerprint density at radius 2 is 1.72 bits per heavy atom. The molecule has 2 aliphatic rings. The summed E-state index contributed by atoms with van der Waals surface area (Å²) in [6.07, 6.45) is 2.08. The Hall–Kier alpha value is -2.67. The second-order valence-corrected chi connectivity index (χ2v) is 8.50. The number of hydrogen-bond acceptors (Lipinski definition) is 3. The second-order valence-electron chi connectivity index (χ2n) is 7.58. The van der Waals surface area contributed by atoms with E-state index in [2.05, 4.69) is 26.6 Å². The lowest BCUT2D eigenvalue weighted by molar-refractivity contribution is -0.135. The van der Waals surface area contributed by atoms with Crippen molar-refractivity contribution < 1.29 is 14.4 Å². The Bertz CT molecular complexity index is 957. The van der Waals surface area contributed by atoms with Gasteiger partial charge in [-0.1, -0.05) is 65.3 Å². The van der Waals surface area contributed by atoms with Crippen LogP contribution in [0.5, 0.6) is 0 Å². The van der Waals surface area contributed by atoms with Crippen LogP contribution in [0.15, 0.2) is 59.1 Å². The summed E-state index contributed by atoms with van der Waals surface area (Å²) < 4.78 is 0.972. The van der Waals surface area contributed by atoms with Gasteiger partial charge in [-0.05, 0) is 42.5 Å². The molecule has 0 spiro atoms. The number of nitrogens with one attached hydrogen (secondary N) is 2. The second kappa shape index (κ2) is 7.30. The average molecular weight is 456 g/mol. The van der Waals surface area contributed by atoms with Crippen molar-refractivity contribution in [1.82, 2.24) is 15.5 Å². The largest absolute Gasteiger partial charge is 0.345 e. The monoisotopic (exact) mass is 455 g/mol. The predicted octanol–water partition coefficient (Wildman–Crippen LogP) is 3.41. The van der Waals surface area contributed by atoms with Crippen LogP contribution in [0.4, 0.5) is 4.79 Å². The molecule has 1 saturated carbocycles. The van der Waals surface area contributed by atoms with Crippen LogP contribution in [0.1, 0.15) is 37.3 Å². The molecule has 0 aromatic heterocycles. The van der Waals surface area contributed by atoms with Crippen LogP contribution in [0.2, 0.25) is 0 Å². The van der Waals surface area contributed by atoms with E-state index in [4.69, 9.17) is 0 Å². The highest BCUT2D eigenvalue weighted by Crippen LogP contribution is 2.45. The molecule has 2 aromatic rings. The molecule has 1 unspecified atom stereocenters. The molecule has 1 heterocycles. The molecule has 1 aliphatic heterocycles. The molecule has 7 heteroatoms. The third kappa shape index (κ3) is 3.44. The Morgan fingerprint density at radius 1 is 1.07 bits per heavy atom. The van der Waals surface area contributed by atoms with Gasteiger partial charge in [0.25, 0.3) is 5.91 Å². The Balaban J connectivity index is 1.49. The van der Waals surface area contributed by atoms with Gasteiger partial charge in [0, 0.05) is 4.47 Å². The van der Waals surface area contributed by atoms with Crippen LogP contribution in [0.25, 0.3) is 0 Å². The van der Waals surface area contributed by atoms with E-state index in [1.165, 1.54) is 0 Å². The summed E-state index contributed by atoms with van der Waals surface area (Å²) in [5, 5.41) is 5.84. The maximum absolute atomic E-state index is 13.2. The molecule has 4 rings (SSSR count). The van der Waals surface area contributed by atoms with Crippen LogP contribution in [0, 0.1) is 0 Å². The van der Waals surface area contributed by atoms with E-state index in [-0.39, 0.29) is 18.4 Å². The van der Waals surface area contributed by atoms with Gasteiger partial charge in [-0.25, -0.2) is 4.79 Å². The van der Waals surface area contributed by atoms with E-state index < -0.39 is 17.1 Å². The Labute approximate surface area is 177 Å². The molecule has 29 heavy (non-hydrogen) atoms. The van der Waals surface area contributed by atoms with Crippen LogP contribution in [-0.4, -0.2) is 29.3 Å².